The molecule has 0 saturated heterocycles. The minimum atomic E-state index is -0.703. The molecule has 0 aromatic heterocycles. The number of amides is 2. The Bertz CT molecular complexity index is 1020. The number of hydrogen-bond donors (Lipinski definition) is 1. The minimum Gasteiger partial charge on any atom is -0.483 e. The SMILES string of the molecule is CC[C@H](C)NC(=O)[C@H](C)N(Cc1ccc(Cl)c(Cl)c1)C(=O)COc1ccc(C(C)(C)C)cc1Br. The summed E-state index contributed by atoms with van der Waals surface area (Å²) in [5, 5.41) is 3.77. The Hall–Kier alpha value is -1.76. The summed E-state index contributed by atoms with van der Waals surface area (Å²) in [6, 6.07) is 10.3. The molecule has 2 aromatic rings. The molecule has 186 valence electrons. The average Bonchev–Trinajstić information content (AvgIpc) is 2.77. The molecule has 0 spiro atoms. The number of carbonyl (C=O) groups is 2. The van der Waals surface area contributed by atoms with Gasteiger partial charge < -0.3 is 15.0 Å². The third-order valence-electron chi connectivity index (χ3n) is 5.65. The van der Waals surface area contributed by atoms with Crippen molar-refractivity contribution in [1.82, 2.24) is 10.2 Å². The van der Waals surface area contributed by atoms with E-state index in [0.29, 0.717) is 15.8 Å². The van der Waals surface area contributed by atoms with E-state index in [0.717, 1.165) is 22.0 Å². The zero-order valence-electron chi connectivity index (χ0n) is 20.5. The third-order valence-corrected chi connectivity index (χ3v) is 7.01. The van der Waals surface area contributed by atoms with E-state index in [9.17, 15) is 9.59 Å². The molecule has 2 aromatic carbocycles. The standard InChI is InChI=1S/C26H33BrCl2N2O3/c1-7-16(2)30-25(33)17(3)31(14-18-8-10-21(28)22(29)12-18)24(32)15-34-23-11-9-19(13-20(23)27)26(4,5)6/h8-13,16-17H,7,14-15H2,1-6H3,(H,30,33)/t16-,17-/m0/s1. The fourth-order valence-electron chi connectivity index (χ4n) is 3.19. The molecule has 0 unspecified atom stereocenters. The van der Waals surface area contributed by atoms with Gasteiger partial charge in [-0.25, -0.2) is 0 Å². The van der Waals surface area contributed by atoms with Crippen molar-refractivity contribution in [2.45, 2.75) is 72.0 Å². The molecule has 0 bridgehead atoms. The van der Waals surface area contributed by atoms with Crippen LogP contribution in [0, 0.1) is 0 Å². The summed E-state index contributed by atoms with van der Waals surface area (Å²) in [5.74, 6) is 0.0238. The number of benzene rings is 2. The van der Waals surface area contributed by atoms with Gasteiger partial charge in [0.05, 0.1) is 14.5 Å². The lowest BCUT2D eigenvalue weighted by Crippen LogP contribution is -2.50. The van der Waals surface area contributed by atoms with Gasteiger partial charge in [0.2, 0.25) is 5.91 Å². The van der Waals surface area contributed by atoms with Gasteiger partial charge in [0.25, 0.3) is 5.91 Å². The van der Waals surface area contributed by atoms with Crippen LogP contribution in [0.5, 0.6) is 5.75 Å². The lowest BCUT2D eigenvalue weighted by molar-refractivity contribution is -0.142. The number of nitrogens with zero attached hydrogens (tertiary/aromatic N) is 1. The highest BCUT2D eigenvalue weighted by Gasteiger charge is 2.27. The number of carbonyl (C=O) groups excluding carboxylic acids is 2. The maximum absolute atomic E-state index is 13.3. The van der Waals surface area contributed by atoms with E-state index >= 15 is 0 Å². The van der Waals surface area contributed by atoms with Crippen molar-refractivity contribution in [1.29, 1.82) is 0 Å². The van der Waals surface area contributed by atoms with Crippen molar-refractivity contribution in [2.75, 3.05) is 6.61 Å². The first-order valence-corrected chi connectivity index (χ1v) is 12.8. The Labute approximate surface area is 221 Å². The Morgan fingerprint density at radius 1 is 1.09 bits per heavy atom. The average molecular weight is 572 g/mol. The third kappa shape index (κ3) is 7.89. The second kappa shape index (κ2) is 12.3. The Morgan fingerprint density at radius 3 is 2.32 bits per heavy atom. The quantitative estimate of drug-likeness (QED) is 0.361. The first-order valence-electron chi connectivity index (χ1n) is 11.3. The van der Waals surface area contributed by atoms with Crippen LogP contribution >= 0.6 is 39.1 Å². The Balaban J connectivity index is 2.22. The van der Waals surface area contributed by atoms with Crippen LogP contribution in [0.1, 0.15) is 59.1 Å². The molecule has 0 aliphatic rings. The summed E-state index contributed by atoms with van der Waals surface area (Å²) in [6.45, 7) is 12.0. The Morgan fingerprint density at radius 2 is 1.76 bits per heavy atom. The van der Waals surface area contributed by atoms with Crippen LogP contribution in [-0.2, 0) is 21.5 Å². The molecule has 8 heteroatoms. The Kier molecular flexibility index (Phi) is 10.3. The first kappa shape index (κ1) is 28.5. The van der Waals surface area contributed by atoms with Crippen molar-refractivity contribution in [2.24, 2.45) is 0 Å². The predicted molar refractivity (Wildman–Crippen MR) is 143 cm³/mol. The van der Waals surface area contributed by atoms with E-state index in [1.54, 1.807) is 25.1 Å². The molecule has 0 fully saturated rings. The summed E-state index contributed by atoms with van der Waals surface area (Å²) in [7, 11) is 0. The van der Waals surface area contributed by atoms with Gasteiger partial charge in [-0.15, -0.1) is 0 Å². The summed E-state index contributed by atoms with van der Waals surface area (Å²) < 4.78 is 6.61. The van der Waals surface area contributed by atoms with Gasteiger partial charge in [0, 0.05) is 12.6 Å². The number of nitrogens with one attached hydrogen (secondary N) is 1. The lowest BCUT2D eigenvalue weighted by Gasteiger charge is -2.30. The predicted octanol–water partition coefficient (Wildman–Crippen LogP) is 6.76. The van der Waals surface area contributed by atoms with E-state index in [1.165, 1.54) is 4.90 Å². The summed E-state index contributed by atoms with van der Waals surface area (Å²) in [6.07, 6.45) is 0.793. The van der Waals surface area contributed by atoms with Crippen LogP contribution in [0.25, 0.3) is 0 Å². The van der Waals surface area contributed by atoms with Gasteiger partial charge in [-0.1, -0.05) is 63.0 Å². The summed E-state index contributed by atoms with van der Waals surface area (Å²) in [4.78, 5) is 27.6. The van der Waals surface area contributed by atoms with Gasteiger partial charge in [-0.05, 0) is 77.0 Å². The molecule has 0 aliphatic heterocycles. The molecule has 2 atom stereocenters. The second-order valence-corrected chi connectivity index (χ2v) is 11.1. The van der Waals surface area contributed by atoms with E-state index in [2.05, 4.69) is 42.0 Å². The fourth-order valence-corrected chi connectivity index (χ4v) is 4.00. The highest BCUT2D eigenvalue weighted by Crippen LogP contribution is 2.31. The molecular formula is C26H33BrCl2N2O3. The summed E-state index contributed by atoms with van der Waals surface area (Å²) >= 11 is 15.7. The maximum Gasteiger partial charge on any atom is 0.261 e. The van der Waals surface area contributed by atoms with Gasteiger partial charge in [0.1, 0.15) is 11.8 Å². The van der Waals surface area contributed by atoms with Gasteiger partial charge in [-0.3, -0.25) is 9.59 Å². The zero-order chi connectivity index (χ0) is 25.6. The van der Waals surface area contributed by atoms with E-state index in [-0.39, 0.29) is 36.4 Å². The molecule has 0 aliphatic carbocycles. The molecule has 0 radical (unpaired) electrons. The number of halogens is 3. The molecule has 1 N–H and O–H groups in total. The number of rotatable bonds is 9. The number of ether oxygens (including phenoxy) is 1. The van der Waals surface area contributed by atoms with Crippen LogP contribution in [-0.4, -0.2) is 35.4 Å². The van der Waals surface area contributed by atoms with Crippen LogP contribution in [0.4, 0.5) is 0 Å². The minimum absolute atomic E-state index is 0.00501. The van der Waals surface area contributed by atoms with Crippen molar-refractivity contribution in [3.05, 3.63) is 62.0 Å². The normalized spacial score (nSPS) is 13.2. The van der Waals surface area contributed by atoms with E-state index in [4.69, 9.17) is 27.9 Å². The molecule has 0 saturated carbocycles. The van der Waals surface area contributed by atoms with Crippen LogP contribution in [0.15, 0.2) is 40.9 Å². The van der Waals surface area contributed by atoms with E-state index < -0.39 is 6.04 Å². The topological polar surface area (TPSA) is 58.6 Å². The molecule has 2 amide bonds. The monoisotopic (exact) mass is 570 g/mol. The molecule has 0 heterocycles. The van der Waals surface area contributed by atoms with Crippen molar-refractivity contribution >= 4 is 50.9 Å². The molecular weight excluding hydrogens is 539 g/mol. The van der Waals surface area contributed by atoms with Crippen LogP contribution < -0.4 is 10.1 Å². The first-order chi connectivity index (χ1) is 15.8. The summed E-state index contributed by atoms with van der Waals surface area (Å²) in [5.41, 5.74) is 1.91. The van der Waals surface area contributed by atoms with Crippen LogP contribution in [0.2, 0.25) is 10.0 Å². The highest BCUT2D eigenvalue weighted by molar-refractivity contribution is 9.10. The smallest absolute Gasteiger partial charge is 0.261 e. The van der Waals surface area contributed by atoms with E-state index in [1.807, 2.05) is 32.0 Å². The molecule has 34 heavy (non-hydrogen) atoms. The van der Waals surface area contributed by atoms with Crippen molar-refractivity contribution in [3.63, 3.8) is 0 Å². The zero-order valence-corrected chi connectivity index (χ0v) is 23.6. The van der Waals surface area contributed by atoms with Gasteiger partial charge in [-0.2, -0.15) is 0 Å². The van der Waals surface area contributed by atoms with Crippen molar-refractivity contribution in [3.8, 4) is 5.75 Å². The highest BCUT2D eigenvalue weighted by atomic mass is 79.9. The van der Waals surface area contributed by atoms with Crippen molar-refractivity contribution < 1.29 is 14.3 Å². The maximum atomic E-state index is 13.3. The molecule has 5 nitrogen and oxygen atoms in total. The fraction of sp³-hybridized carbons (Fsp3) is 0.462. The molecule has 2 rings (SSSR count). The van der Waals surface area contributed by atoms with Gasteiger partial charge >= 0.3 is 0 Å². The van der Waals surface area contributed by atoms with Crippen LogP contribution in [0.3, 0.4) is 0 Å². The number of hydrogen-bond acceptors (Lipinski definition) is 3. The second-order valence-electron chi connectivity index (χ2n) is 9.45. The largest absolute Gasteiger partial charge is 0.483 e. The lowest BCUT2D eigenvalue weighted by atomic mass is 9.87. The van der Waals surface area contributed by atoms with Gasteiger partial charge in [0.15, 0.2) is 6.61 Å².